The van der Waals surface area contributed by atoms with Gasteiger partial charge in [0.15, 0.2) is 0 Å². The summed E-state index contributed by atoms with van der Waals surface area (Å²) in [5.74, 6) is -1.48. The van der Waals surface area contributed by atoms with Crippen molar-refractivity contribution in [2.24, 2.45) is 5.73 Å². The van der Waals surface area contributed by atoms with Gasteiger partial charge in [-0.3, -0.25) is 9.59 Å². The molecule has 0 aliphatic carbocycles. The third kappa shape index (κ3) is 3.44. The first-order valence-electron chi connectivity index (χ1n) is 5.36. The summed E-state index contributed by atoms with van der Waals surface area (Å²) in [5, 5.41) is 0. The highest BCUT2D eigenvalue weighted by Crippen LogP contribution is 2.19. The molecule has 0 aromatic heterocycles. The van der Waals surface area contributed by atoms with Crippen LogP contribution in [-0.2, 0) is 19.1 Å². The molecule has 6 nitrogen and oxygen atoms in total. The Kier molecular flexibility index (Phi) is 4.95. The van der Waals surface area contributed by atoms with Crippen LogP contribution in [0.25, 0.3) is 0 Å². The lowest BCUT2D eigenvalue weighted by atomic mass is 10.2. The number of nitrogens with two attached hydrogens (primary N) is 1. The van der Waals surface area contributed by atoms with Crippen molar-refractivity contribution in [2.45, 2.75) is 31.8 Å². The van der Waals surface area contributed by atoms with Crippen LogP contribution in [0.4, 0.5) is 0 Å². The minimum absolute atomic E-state index is 0.212. The maximum atomic E-state index is 11.8. The molecule has 1 heterocycles. The van der Waals surface area contributed by atoms with Gasteiger partial charge in [-0.05, 0) is 12.8 Å². The van der Waals surface area contributed by atoms with E-state index in [1.165, 1.54) is 4.90 Å². The second-order valence-corrected chi connectivity index (χ2v) is 4.26. The zero-order valence-corrected chi connectivity index (χ0v) is 10.5. The van der Waals surface area contributed by atoms with Crippen molar-refractivity contribution in [3.63, 3.8) is 0 Å². The van der Waals surface area contributed by atoms with Crippen LogP contribution < -0.4 is 5.73 Å². The number of ether oxygens (including phenoxy) is 1. The molecule has 7 heteroatoms. The van der Waals surface area contributed by atoms with E-state index in [2.05, 4.69) is 17.4 Å². The molecular weight excluding hydrogens is 244 g/mol. The lowest BCUT2D eigenvalue weighted by Crippen LogP contribution is -2.49. The van der Waals surface area contributed by atoms with Gasteiger partial charge in [0.25, 0.3) is 0 Å². The minimum atomic E-state index is -0.732. The maximum absolute atomic E-state index is 11.8. The van der Waals surface area contributed by atoms with E-state index < -0.39 is 24.0 Å². The number of esters is 2. The topological polar surface area (TPSA) is 89.7 Å². The molecule has 0 saturated carbocycles. The first kappa shape index (κ1) is 14.0. The molecule has 1 fully saturated rings. The molecule has 1 rings (SSSR count). The molecule has 0 bridgehead atoms. The molecule has 0 aromatic carbocycles. The molecular formula is C10H16N2O4S. The van der Waals surface area contributed by atoms with E-state index in [4.69, 9.17) is 5.73 Å². The summed E-state index contributed by atoms with van der Waals surface area (Å²) >= 11 is 3.94. The highest BCUT2D eigenvalue weighted by molar-refractivity contribution is 7.80. The Balaban J connectivity index is 2.69. The van der Waals surface area contributed by atoms with Crippen LogP contribution in [0, 0.1) is 0 Å². The molecule has 0 radical (unpaired) electrons. The Morgan fingerprint density at radius 1 is 1.53 bits per heavy atom. The van der Waals surface area contributed by atoms with Gasteiger partial charge in [0.2, 0.25) is 5.91 Å². The standard InChI is InChI=1S/C10H16N2O4S/c1-6(13)16-10(15)8-3-2-4-12(8)9(14)7(11)5-17/h7-8,17H,2-5,11H2,1H3/t7-,8-/m0/s1. The normalized spacial score (nSPS) is 21.1. The number of carbonyl (C=O) groups is 3. The number of thiol groups is 1. The molecule has 1 aliphatic heterocycles. The monoisotopic (exact) mass is 260 g/mol. The Labute approximate surface area is 105 Å². The van der Waals surface area contributed by atoms with Gasteiger partial charge in [0, 0.05) is 19.2 Å². The van der Waals surface area contributed by atoms with Crippen LogP contribution >= 0.6 is 12.6 Å². The summed E-state index contributed by atoms with van der Waals surface area (Å²) in [7, 11) is 0. The fourth-order valence-corrected chi connectivity index (χ4v) is 1.93. The smallest absolute Gasteiger partial charge is 0.336 e. The molecule has 0 spiro atoms. The fraction of sp³-hybridized carbons (Fsp3) is 0.700. The summed E-state index contributed by atoms with van der Waals surface area (Å²) in [5.41, 5.74) is 5.57. The Hall–Kier alpha value is -1.08. The Morgan fingerprint density at radius 3 is 2.71 bits per heavy atom. The van der Waals surface area contributed by atoms with E-state index in [1.54, 1.807) is 0 Å². The third-order valence-corrected chi connectivity index (χ3v) is 2.96. The van der Waals surface area contributed by atoms with E-state index in [1.807, 2.05) is 0 Å². The van der Waals surface area contributed by atoms with Gasteiger partial charge >= 0.3 is 11.9 Å². The SMILES string of the molecule is CC(=O)OC(=O)[C@@H]1CCCN1C(=O)[C@@H](N)CS. The van der Waals surface area contributed by atoms with Gasteiger partial charge in [-0.25, -0.2) is 4.79 Å². The summed E-state index contributed by atoms with van der Waals surface area (Å²) in [6.07, 6.45) is 1.19. The number of carbonyl (C=O) groups excluding carboxylic acids is 3. The van der Waals surface area contributed by atoms with Crippen molar-refractivity contribution in [1.29, 1.82) is 0 Å². The van der Waals surface area contributed by atoms with Crippen LogP contribution in [0.5, 0.6) is 0 Å². The van der Waals surface area contributed by atoms with Gasteiger partial charge in [-0.2, -0.15) is 12.6 Å². The number of amides is 1. The van der Waals surface area contributed by atoms with Crippen LogP contribution in [0.15, 0.2) is 0 Å². The second-order valence-electron chi connectivity index (χ2n) is 3.89. The predicted octanol–water partition coefficient (Wildman–Crippen LogP) is -0.676. The van der Waals surface area contributed by atoms with Crippen molar-refractivity contribution in [3.05, 3.63) is 0 Å². The molecule has 1 aliphatic rings. The van der Waals surface area contributed by atoms with Gasteiger partial charge in [-0.1, -0.05) is 0 Å². The zero-order valence-electron chi connectivity index (χ0n) is 9.59. The molecule has 0 aromatic rings. The largest absolute Gasteiger partial charge is 0.392 e. The maximum Gasteiger partial charge on any atom is 0.336 e. The molecule has 96 valence electrons. The van der Waals surface area contributed by atoms with Crippen LogP contribution in [0.1, 0.15) is 19.8 Å². The third-order valence-electron chi connectivity index (χ3n) is 2.57. The number of hydrogen-bond acceptors (Lipinski definition) is 6. The molecule has 2 atom stereocenters. The Morgan fingerprint density at radius 2 is 2.18 bits per heavy atom. The van der Waals surface area contributed by atoms with E-state index in [-0.39, 0.29) is 11.7 Å². The summed E-state index contributed by atoms with van der Waals surface area (Å²) in [4.78, 5) is 35.5. The average molecular weight is 260 g/mol. The van der Waals surface area contributed by atoms with Gasteiger partial charge in [0.1, 0.15) is 6.04 Å². The number of likely N-dealkylation sites (tertiary alicyclic amines) is 1. The van der Waals surface area contributed by atoms with E-state index in [0.29, 0.717) is 19.4 Å². The predicted molar refractivity (Wildman–Crippen MR) is 63.3 cm³/mol. The highest BCUT2D eigenvalue weighted by Gasteiger charge is 2.37. The van der Waals surface area contributed by atoms with Crippen LogP contribution in [0.3, 0.4) is 0 Å². The van der Waals surface area contributed by atoms with Gasteiger partial charge < -0.3 is 15.4 Å². The first-order valence-corrected chi connectivity index (χ1v) is 5.99. The van der Waals surface area contributed by atoms with Crippen LogP contribution in [-0.4, -0.2) is 47.1 Å². The van der Waals surface area contributed by atoms with E-state index >= 15 is 0 Å². The van der Waals surface area contributed by atoms with Crippen LogP contribution in [0.2, 0.25) is 0 Å². The Bertz CT molecular complexity index is 334. The molecule has 2 N–H and O–H groups in total. The number of rotatable bonds is 3. The fourth-order valence-electron chi connectivity index (χ4n) is 1.78. The molecule has 0 unspecified atom stereocenters. The highest BCUT2D eigenvalue weighted by atomic mass is 32.1. The molecule has 1 amide bonds. The lowest BCUT2D eigenvalue weighted by molar-refractivity contribution is -0.163. The van der Waals surface area contributed by atoms with Crippen molar-refractivity contribution < 1.29 is 19.1 Å². The quantitative estimate of drug-likeness (QED) is 0.399. The average Bonchev–Trinajstić information content (AvgIpc) is 2.74. The summed E-state index contributed by atoms with van der Waals surface area (Å²) in [6, 6.07) is -1.43. The number of nitrogens with zero attached hydrogens (tertiary/aromatic N) is 1. The van der Waals surface area contributed by atoms with E-state index in [0.717, 1.165) is 6.92 Å². The molecule has 17 heavy (non-hydrogen) atoms. The minimum Gasteiger partial charge on any atom is -0.392 e. The first-order chi connectivity index (χ1) is 7.97. The van der Waals surface area contributed by atoms with E-state index in [9.17, 15) is 14.4 Å². The second kappa shape index (κ2) is 6.02. The zero-order chi connectivity index (χ0) is 13.0. The van der Waals surface area contributed by atoms with Crippen molar-refractivity contribution in [3.8, 4) is 0 Å². The summed E-state index contributed by atoms with van der Waals surface area (Å²) in [6.45, 7) is 1.61. The molecule has 1 saturated heterocycles. The van der Waals surface area contributed by atoms with Gasteiger partial charge in [-0.15, -0.1) is 0 Å². The van der Waals surface area contributed by atoms with Gasteiger partial charge in [0.05, 0.1) is 6.04 Å². The lowest BCUT2D eigenvalue weighted by Gasteiger charge is -2.24. The summed E-state index contributed by atoms with van der Waals surface area (Å²) < 4.78 is 4.50. The van der Waals surface area contributed by atoms with Crippen molar-refractivity contribution in [1.82, 2.24) is 4.90 Å². The van der Waals surface area contributed by atoms with Crippen molar-refractivity contribution >= 4 is 30.5 Å². The number of hydrogen-bond donors (Lipinski definition) is 2. The van der Waals surface area contributed by atoms with Crippen molar-refractivity contribution in [2.75, 3.05) is 12.3 Å².